The molecule has 11 heteroatoms. The number of rotatable bonds is 9. The van der Waals surface area contributed by atoms with Crippen molar-refractivity contribution >= 4 is 17.6 Å². The van der Waals surface area contributed by atoms with Gasteiger partial charge in [-0.3, -0.25) is 9.59 Å². The van der Waals surface area contributed by atoms with Crippen molar-refractivity contribution in [1.82, 2.24) is 0 Å². The maximum atomic E-state index is 14.1. The average molecular weight is 588 g/mol. The third-order valence-corrected chi connectivity index (χ3v) is 7.08. The molecular formula is C31H32F3NO7. The van der Waals surface area contributed by atoms with Crippen molar-refractivity contribution in [3.63, 3.8) is 0 Å². The lowest BCUT2D eigenvalue weighted by molar-refractivity contribution is -0.151. The maximum Gasteiger partial charge on any atom is 0.416 e. The Kier molecular flexibility index (Phi) is 9.30. The highest BCUT2D eigenvalue weighted by Gasteiger charge is 2.41. The zero-order chi connectivity index (χ0) is 30.6. The van der Waals surface area contributed by atoms with Crippen molar-refractivity contribution < 1.29 is 46.4 Å². The van der Waals surface area contributed by atoms with E-state index in [0.29, 0.717) is 33.9 Å². The van der Waals surface area contributed by atoms with Gasteiger partial charge in [-0.1, -0.05) is 12.1 Å². The number of amides is 1. The molecule has 0 N–H and O–H groups in total. The average Bonchev–Trinajstić information content (AvgIpc) is 3.07. The summed E-state index contributed by atoms with van der Waals surface area (Å²) in [5.41, 5.74) is 1.05. The summed E-state index contributed by atoms with van der Waals surface area (Å²) in [6.07, 6.45) is -7.62. The molecule has 224 valence electrons. The van der Waals surface area contributed by atoms with Crippen molar-refractivity contribution in [3.05, 3.63) is 82.4 Å². The smallest absolute Gasteiger partial charge is 0.416 e. The number of hydrogen-bond donors (Lipinski definition) is 0. The first-order valence-electron chi connectivity index (χ1n) is 13.2. The van der Waals surface area contributed by atoms with Gasteiger partial charge in [0.15, 0.2) is 0 Å². The molecule has 0 saturated heterocycles. The van der Waals surface area contributed by atoms with E-state index in [1.54, 1.807) is 50.2 Å². The minimum absolute atomic E-state index is 0.0834. The second-order valence-corrected chi connectivity index (χ2v) is 9.56. The second-order valence-electron chi connectivity index (χ2n) is 9.56. The Morgan fingerprint density at radius 3 is 2.33 bits per heavy atom. The first kappa shape index (κ1) is 30.7. The second kappa shape index (κ2) is 12.7. The van der Waals surface area contributed by atoms with E-state index in [1.807, 2.05) is 0 Å². The molecule has 1 heterocycles. The molecule has 3 aromatic rings. The van der Waals surface area contributed by atoms with E-state index in [2.05, 4.69) is 0 Å². The topological polar surface area (TPSA) is 83.5 Å². The monoisotopic (exact) mass is 587 g/mol. The predicted molar refractivity (Wildman–Crippen MR) is 148 cm³/mol. The number of halogens is 3. The third-order valence-electron chi connectivity index (χ3n) is 7.08. The Bertz CT molecular complexity index is 1460. The highest BCUT2D eigenvalue weighted by Crippen LogP contribution is 2.44. The SMILES string of the molecule is CCOC(=O)CC1O[C@H](c2cccc(OC)c2C)c2cc(C(F)(F)F)ccc2N(Cc2ccc(OC)cc2OC)C1=O. The van der Waals surface area contributed by atoms with E-state index >= 15 is 0 Å². The molecule has 1 aliphatic heterocycles. The van der Waals surface area contributed by atoms with Crippen LogP contribution in [-0.4, -0.2) is 45.9 Å². The van der Waals surface area contributed by atoms with Crippen LogP contribution < -0.4 is 19.1 Å². The molecule has 42 heavy (non-hydrogen) atoms. The van der Waals surface area contributed by atoms with Crippen molar-refractivity contribution in [3.8, 4) is 17.2 Å². The molecule has 4 rings (SSSR count). The van der Waals surface area contributed by atoms with Crippen molar-refractivity contribution in [2.45, 2.75) is 45.2 Å². The van der Waals surface area contributed by atoms with Gasteiger partial charge in [-0.15, -0.1) is 0 Å². The van der Waals surface area contributed by atoms with E-state index < -0.39 is 42.2 Å². The van der Waals surface area contributed by atoms with Gasteiger partial charge in [0.1, 0.15) is 29.5 Å². The Morgan fingerprint density at radius 1 is 0.952 bits per heavy atom. The number of fused-ring (bicyclic) bond motifs is 1. The van der Waals surface area contributed by atoms with Crippen LogP contribution in [0.5, 0.6) is 17.2 Å². The third kappa shape index (κ3) is 6.30. The predicted octanol–water partition coefficient (Wildman–Crippen LogP) is 6.01. The number of hydrogen-bond acceptors (Lipinski definition) is 7. The van der Waals surface area contributed by atoms with E-state index in [-0.39, 0.29) is 24.4 Å². The minimum atomic E-state index is -4.66. The summed E-state index contributed by atoms with van der Waals surface area (Å²) >= 11 is 0. The number of methoxy groups -OCH3 is 3. The lowest BCUT2D eigenvalue weighted by atomic mass is 9.93. The molecule has 2 atom stereocenters. The zero-order valence-electron chi connectivity index (χ0n) is 23.9. The number of alkyl halides is 3. The Labute approximate surface area is 241 Å². The molecule has 0 fully saturated rings. The van der Waals surface area contributed by atoms with Crippen LogP contribution in [0.4, 0.5) is 18.9 Å². The van der Waals surface area contributed by atoms with Crippen LogP contribution in [-0.2, 0) is 31.8 Å². The van der Waals surface area contributed by atoms with E-state index in [1.165, 1.54) is 32.3 Å². The molecule has 1 amide bonds. The highest BCUT2D eigenvalue weighted by atomic mass is 19.4. The summed E-state index contributed by atoms with van der Waals surface area (Å²) < 4.78 is 69.6. The Morgan fingerprint density at radius 2 is 1.69 bits per heavy atom. The molecule has 0 aromatic heterocycles. The van der Waals surface area contributed by atoms with Crippen LogP contribution in [0.25, 0.3) is 0 Å². The van der Waals surface area contributed by atoms with E-state index in [9.17, 15) is 22.8 Å². The normalized spacial score (nSPS) is 16.9. The fraction of sp³-hybridized carbons (Fsp3) is 0.355. The number of benzene rings is 3. The van der Waals surface area contributed by atoms with Crippen LogP contribution >= 0.6 is 0 Å². The lowest BCUT2D eigenvalue weighted by Gasteiger charge is -2.26. The number of ether oxygens (including phenoxy) is 5. The van der Waals surface area contributed by atoms with Crippen LogP contribution in [0, 0.1) is 6.92 Å². The molecule has 3 aromatic carbocycles. The van der Waals surface area contributed by atoms with Crippen LogP contribution in [0.2, 0.25) is 0 Å². The van der Waals surface area contributed by atoms with Gasteiger partial charge in [0.2, 0.25) is 0 Å². The molecule has 1 unspecified atom stereocenters. The number of carbonyl (C=O) groups excluding carboxylic acids is 2. The van der Waals surface area contributed by atoms with Crippen LogP contribution in [0.3, 0.4) is 0 Å². The first-order valence-corrected chi connectivity index (χ1v) is 13.2. The Balaban J connectivity index is 1.95. The summed E-state index contributed by atoms with van der Waals surface area (Å²) in [6.45, 7) is 3.38. The van der Waals surface area contributed by atoms with Gasteiger partial charge in [0.25, 0.3) is 5.91 Å². The molecule has 8 nitrogen and oxygen atoms in total. The summed E-state index contributed by atoms with van der Waals surface area (Å²) in [7, 11) is 4.44. The van der Waals surface area contributed by atoms with E-state index in [4.69, 9.17) is 23.7 Å². The maximum absolute atomic E-state index is 14.1. The molecule has 0 aliphatic carbocycles. The molecule has 1 aliphatic rings. The van der Waals surface area contributed by atoms with Gasteiger partial charge >= 0.3 is 12.1 Å². The van der Waals surface area contributed by atoms with Gasteiger partial charge in [0.05, 0.1) is 52.2 Å². The van der Waals surface area contributed by atoms with E-state index in [0.717, 1.165) is 12.1 Å². The van der Waals surface area contributed by atoms with Gasteiger partial charge in [-0.2, -0.15) is 13.2 Å². The number of nitrogens with zero attached hydrogens (tertiary/aromatic N) is 1. The first-order chi connectivity index (χ1) is 20.0. The zero-order valence-corrected chi connectivity index (χ0v) is 23.9. The lowest BCUT2D eigenvalue weighted by Crippen LogP contribution is -2.40. The number of esters is 1. The fourth-order valence-electron chi connectivity index (χ4n) is 4.98. The van der Waals surface area contributed by atoms with Crippen molar-refractivity contribution in [2.75, 3.05) is 32.8 Å². The molecule has 0 radical (unpaired) electrons. The molecule has 0 bridgehead atoms. The van der Waals surface area contributed by atoms with Gasteiger partial charge in [-0.25, -0.2) is 0 Å². The summed E-state index contributed by atoms with van der Waals surface area (Å²) in [4.78, 5) is 28.0. The van der Waals surface area contributed by atoms with Crippen molar-refractivity contribution in [2.24, 2.45) is 0 Å². The summed E-state index contributed by atoms with van der Waals surface area (Å²) in [5.74, 6) is 0.112. The quantitative estimate of drug-likeness (QED) is 0.284. The van der Waals surface area contributed by atoms with Gasteiger partial charge in [-0.05, 0) is 61.4 Å². The Hall–Kier alpha value is -4.25. The largest absolute Gasteiger partial charge is 0.497 e. The summed E-state index contributed by atoms with van der Waals surface area (Å²) in [5, 5.41) is 0. The number of carbonyl (C=O) groups is 2. The highest BCUT2D eigenvalue weighted by molar-refractivity contribution is 6.00. The standard InChI is InChI=1S/C31H32F3NO7/c1-6-41-28(36)16-27-30(37)35(17-19-10-12-21(38-3)15-26(19)40-5)24-13-11-20(31(32,33)34)14-23(24)29(42-27)22-8-7-9-25(39-4)18(22)2/h7-15,27,29H,6,16-17H2,1-5H3/t27?,29-/m1/s1. The molecule has 0 saturated carbocycles. The minimum Gasteiger partial charge on any atom is -0.497 e. The number of anilines is 1. The molecule has 0 spiro atoms. The van der Waals surface area contributed by atoms with Crippen LogP contribution in [0.15, 0.2) is 54.6 Å². The van der Waals surface area contributed by atoms with Gasteiger partial charge in [0, 0.05) is 17.2 Å². The van der Waals surface area contributed by atoms with Crippen molar-refractivity contribution in [1.29, 1.82) is 0 Å². The van der Waals surface area contributed by atoms with Crippen LogP contribution in [0.1, 0.15) is 47.3 Å². The summed E-state index contributed by atoms with van der Waals surface area (Å²) in [6, 6.07) is 13.3. The van der Waals surface area contributed by atoms with Gasteiger partial charge < -0.3 is 28.6 Å². The molecular weight excluding hydrogens is 555 g/mol. The fourth-order valence-corrected chi connectivity index (χ4v) is 4.98.